The quantitative estimate of drug-likeness (QED) is 0.364. The summed E-state index contributed by atoms with van der Waals surface area (Å²) in [6, 6.07) is 17.8. The lowest BCUT2D eigenvalue weighted by molar-refractivity contribution is 0.276. The largest absolute Gasteiger partial charge is 0.497 e. The normalized spacial score (nSPS) is 11.5. The van der Waals surface area contributed by atoms with Crippen molar-refractivity contribution in [3.63, 3.8) is 0 Å². The number of imidazole rings is 1. The van der Waals surface area contributed by atoms with Crippen LogP contribution in [0.2, 0.25) is 0 Å². The van der Waals surface area contributed by atoms with Gasteiger partial charge in [0, 0.05) is 24.4 Å². The van der Waals surface area contributed by atoms with Gasteiger partial charge in [0.25, 0.3) is 0 Å². The standard InChI is InChI=1S/C25H21N7O2/c1-32-12-17(21(13-33)31-32)18-9-10-20-23(26-18)24(30-29-20)25-27-19-8-4-7-16(22(19)28-25)14-5-3-6-15(11-14)34-2/h3-12,33H,13H2,1-2H3,(H,27,28)(H,29,30). The molecule has 34 heavy (non-hydrogen) atoms. The highest BCUT2D eigenvalue weighted by atomic mass is 16.5. The second kappa shape index (κ2) is 7.82. The first-order valence-corrected chi connectivity index (χ1v) is 10.8. The van der Waals surface area contributed by atoms with Gasteiger partial charge in [-0.25, -0.2) is 9.97 Å². The van der Waals surface area contributed by atoms with Gasteiger partial charge < -0.3 is 14.8 Å². The highest BCUT2D eigenvalue weighted by Crippen LogP contribution is 2.33. The zero-order chi connectivity index (χ0) is 23.2. The maximum Gasteiger partial charge on any atom is 0.161 e. The Morgan fingerprint density at radius 1 is 0.971 bits per heavy atom. The first-order valence-electron chi connectivity index (χ1n) is 10.8. The number of fused-ring (bicyclic) bond motifs is 2. The number of pyridine rings is 1. The van der Waals surface area contributed by atoms with Crippen LogP contribution in [0.3, 0.4) is 0 Å². The third-order valence-electron chi connectivity index (χ3n) is 5.86. The number of aliphatic hydroxyl groups is 1. The van der Waals surface area contributed by atoms with Gasteiger partial charge in [-0.3, -0.25) is 9.78 Å². The number of benzene rings is 2. The molecule has 4 heterocycles. The molecule has 2 aromatic carbocycles. The van der Waals surface area contributed by atoms with Gasteiger partial charge in [-0.05, 0) is 35.9 Å². The van der Waals surface area contributed by atoms with Crippen molar-refractivity contribution >= 4 is 22.1 Å². The number of para-hydroxylation sites is 1. The van der Waals surface area contributed by atoms with Crippen LogP contribution >= 0.6 is 0 Å². The molecular weight excluding hydrogens is 430 g/mol. The Morgan fingerprint density at radius 2 is 1.85 bits per heavy atom. The third-order valence-corrected chi connectivity index (χ3v) is 5.86. The predicted octanol–water partition coefficient (Wildman–Crippen LogP) is 4.07. The van der Waals surface area contributed by atoms with Crippen LogP contribution in [0.4, 0.5) is 0 Å². The predicted molar refractivity (Wildman–Crippen MR) is 129 cm³/mol. The number of rotatable bonds is 5. The van der Waals surface area contributed by atoms with Crippen LogP contribution in [0.15, 0.2) is 60.8 Å². The zero-order valence-corrected chi connectivity index (χ0v) is 18.6. The van der Waals surface area contributed by atoms with Gasteiger partial charge >= 0.3 is 0 Å². The third kappa shape index (κ3) is 3.22. The summed E-state index contributed by atoms with van der Waals surface area (Å²) < 4.78 is 7.06. The number of methoxy groups -OCH3 is 1. The molecule has 6 aromatic rings. The molecule has 0 saturated carbocycles. The minimum absolute atomic E-state index is 0.162. The Balaban J connectivity index is 1.49. The SMILES string of the molecule is COc1cccc(-c2cccc3[nH]c(-c4n[nH]c5ccc(-c6cn(C)nc6CO)nc45)nc23)c1. The summed E-state index contributed by atoms with van der Waals surface area (Å²) in [5, 5.41) is 21.5. The van der Waals surface area contributed by atoms with Crippen molar-refractivity contribution in [1.29, 1.82) is 0 Å². The first kappa shape index (κ1) is 20.1. The van der Waals surface area contributed by atoms with E-state index in [0.29, 0.717) is 28.4 Å². The molecule has 0 atom stereocenters. The Bertz CT molecular complexity index is 1660. The molecule has 9 heteroatoms. The summed E-state index contributed by atoms with van der Waals surface area (Å²) in [6.45, 7) is -0.162. The van der Waals surface area contributed by atoms with E-state index >= 15 is 0 Å². The van der Waals surface area contributed by atoms with Gasteiger partial charge in [0.1, 0.15) is 11.3 Å². The van der Waals surface area contributed by atoms with E-state index in [1.165, 1.54) is 0 Å². The highest BCUT2D eigenvalue weighted by Gasteiger charge is 2.18. The van der Waals surface area contributed by atoms with Crippen LogP contribution < -0.4 is 4.74 Å². The minimum atomic E-state index is -0.162. The number of H-pyrrole nitrogens is 2. The smallest absolute Gasteiger partial charge is 0.161 e. The molecule has 0 bridgehead atoms. The molecular formula is C25H21N7O2. The lowest BCUT2D eigenvalue weighted by Crippen LogP contribution is -1.92. The van der Waals surface area contributed by atoms with Crippen molar-refractivity contribution in [3.05, 3.63) is 66.5 Å². The van der Waals surface area contributed by atoms with Crippen LogP contribution in [0.25, 0.3) is 56.0 Å². The summed E-state index contributed by atoms with van der Waals surface area (Å²) in [7, 11) is 3.48. The molecule has 0 aliphatic carbocycles. The van der Waals surface area contributed by atoms with E-state index in [9.17, 15) is 5.11 Å². The second-order valence-electron chi connectivity index (χ2n) is 8.01. The van der Waals surface area contributed by atoms with E-state index in [1.807, 2.05) is 67.8 Å². The maximum atomic E-state index is 9.69. The van der Waals surface area contributed by atoms with E-state index < -0.39 is 0 Å². The number of ether oxygens (including phenoxy) is 1. The van der Waals surface area contributed by atoms with E-state index in [4.69, 9.17) is 14.7 Å². The van der Waals surface area contributed by atoms with Crippen molar-refractivity contribution in [3.8, 4) is 39.7 Å². The molecule has 0 fully saturated rings. The second-order valence-corrected chi connectivity index (χ2v) is 8.01. The number of aryl methyl sites for hydroxylation is 1. The Hall–Kier alpha value is -4.50. The molecule has 0 spiro atoms. The lowest BCUT2D eigenvalue weighted by Gasteiger charge is -2.05. The molecule has 0 amide bonds. The summed E-state index contributed by atoms with van der Waals surface area (Å²) in [4.78, 5) is 13.1. The fourth-order valence-electron chi connectivity index (χ4n) is 4.25. The Labute approximate surface area is 194 Å². The highest BCUT2D eigenvalue weighted by molar-refractivity contribution is 5.96. The molecule has 6 rings (SSSR count). The van der Waals surface area contributed by atoms with E-state index in [1.54, 1.807) is 11.8 Å². The van der Waals surface area contributed by atoms with Crippen molar-refractivity contribution in [2.45, 2.75) is 6.61 Å². The average molecular weight is 451 g/mol. The molecule has 0 radical (unpaired) electrons. The van der Waals surface area contributed by atoms with Crippen molar-refractivity contribution in [2.75, 3.05) is 7.11 Å². The van der Waals surface area contributed by atoms with Crippen LogP contribution in [0.1, 0.15) is 5.69 Å². The molecule has 0 aliphatic rings. The van der Waals surface area contributed by atoms with Crippen LogP contribution in [-0.2, 0) is 13.7 Å². The van der Waals surface area contributed by atoms with Crippen molar-refractivity contribution in [1.82, 2.24) is 34.9 Å². The lowest BCUT2D eigenvalue weighted by atomic mass is 10.0. The fraction of sp³-hybridized carbons (Fsp3) is 0.120. The van der Waals surface area contributed by atoms with Crippen molar-refractivity contribution < 1.29 is 9.84 Å². The summed E-state index contributed by atoms with van der Waals surface area (Å²) in [5.41, 5.74) is 7.92. The Morgan fingerprint density at radius 3 is 2.71 bits per heavy atom. The fourth-order valence-corrected chi connectivity index (χ4v) is 4.25. The Kier molecular flexibility index (Phi) is 4.63. The van der Waals surface area contributed by atoms with Crippen molar-refractivity contribution in [2.24, 2.45) is 7.05 Å². The number of nitrogens with one attached hydrogen (secondary N) is 2. The summed E-state index contributed by atoms with van der Waals surface area (Å²) in [6.07, 6.45) is 1.85. The van der Waals surface area contributed by atoms with Gasteiger partial charge in [-0.15, -0.1) is 0 Å². The van der Waals surface area contributed by atoms with E-state index in [-0.39, 0.29) is 6.61 Å². The minimum Gasteiger partial charge on any atom is -0.497 e. The zero-order valence-electron chi connectivity index (χ0n) is 18.6. The van der Waals surface area contributed by atoms with E-state index in [2.05, 4.69) is 20.3 Å². The molecule has 3 N–H and O–H groups in total. The number of hydrogen-bond acceptors (Lipinski definition) is 6. The number of aromatic amines is 2. The van der Waals surface area contributed by atoms with Crippen LogP contribution in [-0.4, -0.2) is 47.1 Å². The molecule has 4 aromatic heterocycles. The maximum absolute atomic E-state index is 9.69. The van der Waals surface area contributed by atoms with Gasteiger partial charge in [0.05, 0.1) is 41.7 Å². The molecule has 9 nitrogen and oxygen atoms in total. The molecule has 0 saturated heterocycles. The van der Waals surface area contributed by atoms with Gasteiger partial charge in [-0.2, -0.15) is 10.2 Å². The first-order chi connectivity index (χ1) is 16.6. The summed E-state index contributed by atoms with van der Waals surface area (Å²) in [5.74, 6) is 1.41. The van der Waals surface area contributed by atoms with E-state index in [0.717, 1.165) is 39.0 Å². The topological polar surface area (TPSA) is 118 Å². The molecule has 168 valence electrons. The van der Waals surface area contributed by atoms with Gasteiger partial charge in [0.15, 0.2) is 11.5 Å². The monoisotopic (exact) mass is 451 g/mol. The number of nitrogens with zero attached hydrogens (tertiary/aromatic N) is 5. The van der Waals surface area contributed by atoms with Crippen LogP contribution in [0, 0.1) is 0 Å². The van der Waals surface area contributed by atoms with Gasteiger partial charge in [-0.1, -0.05) is 24.3 Å². The number of aliphatic hydroxyl groups excluding tert-OH is 1. The average Bonchev–Trinajstić information content (AvgIpc) is 3.59. The number of aromatic nitrogens is 7. The van der Waals surface area contributed by atoms with Gasteiger partial charge in [0.2, 0.25) is 0 Å². The van der Waals surface area contributed by atoms with Crippen LogP contribution in [0.5, 0.6) is 5.75 Å². The molecule has 0 aliphatic heterocycles. The number of hydrogen-bond donors (Lipinski definition) is 3. The summed E-state index contributed by atoms with van der Waals surface area (Å²) >= 11 is 0. The molecule has 0 unspecified atom stereocenters.